The van der Waals surface area contributed by atoms with Crippen molar-refractivity contribution in [3.05, 3.63) is 0 Å². The van der Waals surface area contributed by atoms with E-state index >= 15 is 0 Å². The standard InChI is InChI=1S/C8H13F4NO2/c1-3-15-5(2)4-13-7(14)8(11,12)6(9)10/h5-6H,3-4H2,1-2H3,(H,13,14). The maximum atomic E-state index is 12.4. The molecule has 0 aliphatic heterocycles. The number of amides is 1. The van der Waals surface area contributed by atoms with Crippen LogP contribution in [0.15, 0.2) is 0 Å². The highest BCUT2D eigenvalue weighted by atomic mass is 19.3. The minimum absolute atomic E-state index is 0.227. The summed E-state index contributed by atoms with van der Waals surface area (Å²) in [6, 6.07) is 0. The van der Waals surface area contributed by atoms with Gasteiger partial charge in [0, 0.05) is 13.2 Å². The number of halogens is 4. The zero-order valence-corrected chi connectivity index (χ0v) is 8.40. The number of hydrogen-bond acceptors (Lipinski definition) is 2. The third-order valence-corrected chi connectivity index (χ3v) is 1.58. The van der Waals surface area contributed by atoms with E-state index in [1.54, 1.807) is 12.2 Å². The second-order valence-corrected chi connectivity index (χ2v) is 2.90. The lowest BCUT2D eigenvalue weighted by molar-refractivity contribution is -0.169. The lowest BCUT2D eigenvalue weighted by atomic mass is 10.3. The molecule has 90 valence electrons. The zero-order chi connectivity index (χ0) is 12.1. The summed E-state index contributed by atoms with van der Waals surface area (Å²) in [5.41, 5.74) is 0. The first kappa shape index (κ1) is 14.2. The van der Waals surface area contributed by atoms with Crippen molar-refractivity contribution in [1.29, 1.82) is 0 Å². The van der Waals surface area contributed by atoms with Gasteiger partial charge in [-0.1, -0.05) is 0 Å². The van der Waals surface area contributed by atoms with Crippen molar-refractivity contribution in [2.75, 3.05) is 13.2 Å². The van der Waals surface area contributed by atoms with Gasteiger partial charge < -0.3 is 10.1 Å². The summed E-state index contributed by atoms with van der Waals surface area (Å²) in [6.07, 6.45) is -4.49. The van der Waals surface area contributed by atoms with Crippen LogP contribution >= 0.6 is 0 Å². The van der Waals surface area contributed by atoms with E-state index in [0.29, 0.717) is 6.61 Å². The Morgan fingerprint density at radius 2 is 2.00 bits per heavy atom. The number of alkyl halides is 4. The molecule has 0 aromatic rings. The van der Waals surface area contributed by atoms with Crippen LogP contribution in [-0.2, 0) is 9.53 Å². The van der Waals surface area contributed by atoms with Crippen LogP contribution in [0.4, 0.5) is 17.6 Å². The van der Waals surface area contributed by atoms with Gasteiger partial charge in [-0.05, 0) is 13.8 Å². The van der Waals surface area contributed by atoms with Crippen molar-refractivity contribution in [2.45, 2.75) is 32.3 Å². The minimum atomic E-state index is -4.65. The zero-order valence-electron chi connectivity index (χ0n) is 8.40. The first-order valence-electron chi connectivity index (χ1n) is 4.38. The Balaban J connectivity index is 4.04. The Morgan fingerprint density at radius 3 is 2.40 bits per heavy atom. The van der Waals surface area contributed by atoms with Crippen LogP contribution in [0.25, 0.3) is 0 Å². The summed E-state index contributed by atoms with van der Waals surface area (Å²) in [4.78, 5) is 10.6. The molecule has 1 unspecified atom stereocenters. The van der Waals surface area contributed by atoms with E-state index in [4.69, 9.17) is 4.74 Å². The molecule has 0 radical (unpaired) electrons. The molecule has 0 saturated carbocycles. The van der Waals surface area contributed by atoms with Gasteiger partial charge in [0.05, 0.1) is 6.10 Å². The number of rotatable bonds is 6. The van der Waals surface area contributed by atoms with Crippen molar-refractivity contribution in [3.63, 3.8) is 0 Å². The third kappa shape index (κ3) is 4.46. The minimum Gasteiger partial charge on any atom is -0.377 e. The number of nitrogens with one attached hydrogen (secondary N) is 1. The topological polar surface area (TPSA) is 38.3 Å². The van der Waals surface area contributed by atoms with Gasteiger partial charge >= 0.3 is 12.3 Å². The van der Waals surface area contributed by atoms with E-state index < -0.39 is 24.4 Å². The van der Waals surface area contributed by atoms with E-state index in [-0.39, 0.29) is 6.54 Å². The number of hydrogen-bond donors (Lipinski definition) is 1. The Morgan fingerprint density at radius 1 is 1.47 bits per heavy atom. The van der Waals surface area contributed by atoms with E-state index in [1.807, 2.05) is 0 Å². The highest BCUT2D eigenvalue weighted by molar-refractivity contribution is 5.83. The largest absolute Gasteiger partial charge is 0.383 e. The molecule has 1 N–H and O–H groups in total. The second kappa shape index (κ2) is 5.89. The molecule has 0 heterocycles. The van der Waals surface area contributed by atoms with E-state index in [9.17, 15) is 22.4 Å². The Kier molecular flexibility index (Phi) is 5.56. The molecule has 0 rings (SSSR count). The average Bonchev–Trinajstić information content (AvgIpc) is 2.14. The van der Waals surface area contributed by atoms with Gasteiger partial charge in [-0.25, -0.2) is 8.78 Å². The fourth-order valence-corrected chi connectivity index (χ4v) is 0.797. The van der Waals surface area contributed by atoms with Gasteiger partial charge in [0.15, 0.2) is 0 Å². The molecule has 7 heteroatoms. The van der Waals surface area contributed by atoms with Crippen molar-refractivity contribution in [3.8, 4) is 0 Å². The summed E-state index contributed by atoms with van der Waals surface area (Å²) in [6.45, 7) is 3.34. The quantitative estimate of drug-likeness (QED) is 0.702. The molecule has 0 aromatic carbocycles. The fourth-order valence-electron chi connectivity index (χ4n) is 0.797. The van der Waals surface area contributed by atoms with Crippen LogP contribution in [0.2, 0.25) is 0 Å². The van der Waals surface area contributed by atoms with Crippen molar-refractivity contribution >= 4 is 5.91 Å². The summed E-state index contributed by atoms with van der Waals surface area (Å²) in [5, 5.41) is 1.69. The van der Waals surface area contributed by atoms with Gasteiger partial charge in [0.1, 0.15) is 0 Å². The fraction of sp³-hybridized carbons (Fsp3) is 0.875. The summed E-state index contributed by atoms with van der Waals surface area (Å²) in [5.74, 6) is -6.63. The van der Waals surface area contributed by atoms with Crippen LogP contribution in [0.1, 0.15) is 13.8 Å². The maximum absolute atomic E-state index is 12.4. The van der Waals surface area contributed by atoms with Crippen LogP contribution in [0.5, 0.6) is 0 Å². The maximum Gasteiger partial charge on any atom is 0.383 e. The third-order valence-electron chi connectivity index (χ3n) is 1.58. The molecule has 0 aromatic heterocycles. The molecule has 3 nitrogen and oxygen atoms in total. The number of carbonyl (C=O) groups is 1. The molecule has 0 aliphatic rings. The van der Waals surface area contributed by atoms with Crippen LogP contribution in [0, 0.1) is 0 Å². The second-order valence-electron chi connectivity index (χ2n) is 2.90. The Hall–Kier alpha value is -0.850. The predicted octanol–water partition coefficient (Wildman–Crippen LogP) is 1.43. The molecule has 0 bridgehead atoms. The van der Waals surface area contributed by atoms with Gasteiger partial charge in [0.25, 0.3) is 5.91 Å². The predicted molar refractivity (Wildman–Crippen MR) is 45.0 cm³/mol. The molecular formula is C8H13F4NO2. The first-order valence-corrected chi connectivity index (χ1v) is 4.38. The van der Waals surface area contributed by atoms with Crippen molar-refractivity contribution in [1.82, 2.24) is 5.32 Å². The Bertz CT molecular complexity index is 211. The molecule has 0 fully saturated rings. The highest BCUT2D eigenvalue weighted by Crippen LogP contribution is 2.22. The van der Waals surface area contributed by atoms with E-state index in [0.717, 1.165) is 0 Å². The molecule has 15 heavy (non-hydrogen) atoms. The molecule has 0 spiro atoms. The van der Waals surface area contributed by atoms with Gasteiger partial charge in [-0.3, -0.25) is 4.79 Å². The average molecular weight is 231 g/mol. The lowest BCUT2D eigenvalue weighted by Gasteiger charge is -2.17. The van der Waals surface area contributed by atoms with Gasteiger partial charge in [0.2, 0.25) is 0 Å². The molecule has 1 amide bonds. The van der Waals surface area contributed by atoms with Crippen LogP contribution < -0.4 is 5.32 Å². The molecule has 0 aliphatic carbocycles. The van der Waals surface area contributed by atoms with Crippen LogP contribution in [0.3, 0.4) is 0 Å². The van der Waals surface area contributed by atoms with E-state index in [1.165, 1.54) is 6.92 Å². The molecule has 1 atom stereocenters. The normalized spacial score (nSPS) is 14.1. The summed E-state index contributed by atoms with van der Waals surface area (Å²) in [7, 11) is 0. The van der Waals surface area contributed by atoms with Crippen molar-refractivity contribution in [2.24, 2.45) is 0 Å². The van der Waals surface area contributed by atoms with Crippen LogP contribution in [-0.4, -0.2) is 37.5 Å². The summed E-state index contributed by atoms with van der Waals surface area (Å²) < 4.78 is 53.1. The number of carbonyl (C=O) groups excluding carboxylic acids is 1. The van der Waals surface area contributed by atoms with Crippen molar-refractivity contribution < 1.29 is 27.1 Å². The van der Waals surface area contributed by atoms with Gasteiger partial charge in [-0.2, -0.15) is 8.78 Å². The first-order chi connectivity index (χ1) is 6.82. The summed E-state index contributed by atoms with van der Waals surface area (Å²) >= 11 is 0. The number of ether oxygens (including phenoxy) is 1. The monoisotopic (exact) mass is 231 g/mol. The smallest absolute Gasteiger partial charge is 0.377 e. The van der Waals surface area contributed by atoms with Gasteiger partial charge in [-0.15, -0.1) is 0 Å². The SMILES string of the molecule is CCOC(C)CNC(=O)C(F)(F)C(F)F. The highest BCUT2D eigenvalue weighted by Gasteiger charge is 2.48. The lowest BCUT2D eigenvalue weighted by Crippen LogP contribution is -2.47. The van der Waals surface area contributed by atoms with E-state index in [2.05, 4.69) is 0 Å². The molecule has 0 saturated heterocycles. The Labute approximate surface area is 84.8 Å². The molecular weight excluding hydrogens is 218 g/mol.